The van der Waals surface area contributed by atoms with Crippen molar-refractivity contribution >= 4 is 23.9 Å². The van der Waals surface area contributed by atoms with Crippen molar-refractivity contribution in [2.24, 2.45) is 0 Å². The third-order valence-electron chi connectivity index (χ3n) is 5.27. The number of esters is 2. The number of carbonyl (C=O) groups excluding carboxylic acids is 4. The van der Waals surface area contributed by atoms with Crippen molar-refractivity contribution < 1.29 is 42.2 Å². The molecular weight excluding hydrogens is 538 g/mol. The molecule has 0 aliphatic rings. The van der Waals surface area contributed by atoms with E-state index in [1.54, 1.807) is 81.4 Å². The van der Waals surface area contributed by atoms with Crippen LogP contribution in [0.1, 0.15) is 59.1 Å². The van der Waals surface area contributed by atoms with Gasteiger partial charge in [0.25, 0.3) is 5.91 Å². The summed E-state index contributed by atoms with van der Waals surface area (Å²) >= 11 is 0. The molecule has 0 saturated carbocycles. The van der Waals surface area contributed by atoms with E-state index in [1.165, 1.54) is 20.8 Å². The molecule has 2 aromatic carbocycles. The normalized spacial score (nSPS) is 13.4. The molecule has 1 unspecified atom stereocenters. The fourth-order valence-corrected chi connectivity index (χ4v) is 3.50. The summed E-state index contributed by atoms with van der Waals surface area (Å²) in [6.07, 6.45) is -2.71. The van der Waals surface area contributed by atoms with Crippen LogP contribution in [0, 0.1) is 0 Å². The van der Waals surface area contributed by atoms with E-state index in [4.69, 9.17) is 14.2 Å². The first-order valence-corrected chi connectivity index (χ1v) is 13.1. The summed E-state index contributed by atoms with van der Waals surface area (Å²) < 4.78 is 46.2. The quantitative estimate of drug-likeness (QED) is 0.294. The monoisotopic (exact) mass is 576 g/mol. The van der Waals surface area contributed by atoms with E-state index in [1.807, 2.05) is 0 Å². The minimum Gasteiger partial charge on any atom is -0.458 e. The van der Waals surface area contributed by atoms with Gasteiger partial charge in [-0.25, -0.2) is 14.4 Å². The highest BCUT2D eigenvalue weighted by molar-refractivity contribution is 5.90. The zero-order chi connectivity index (χ0) is 30.8. The van der Waals surface area contributed by atoms with Crippen LogP contribution in [0.5, 0.6) is 0 Å². The molecule has 41 heavy (non-hydrogen) atoms. The number of carbonyl (C=O) groups is 4. The Labute approximate surface area is 238 Å². The highest BCUT2D eigenvalue weighted by Gasteiger charge is 2.46. The summed E-state index contributed by atoms with van der Waals surface area (Å²) in [6, 6.07) is 13.7. The average molecular weight is 577 g/mol. The molecule has 224 valence electrons. The fraction of sp³-hybridized carbons (Fsp3) is 0.467. The molecule has 0 aliphatic carbocycles. The van der Waals surface area contributed by atoms with Gasteiger partial charge >= 0.3 is 24.0 Å². The van der Waals surface area contributed by atoms with Crippen molar-refractivity contribution in [3.05, 3.63) is 71.8 Å². The number of hydrogen-bond acceptors (Lipinski definition) is 7. The summed E-state index contributed by atoms with van der Waals surface area (Å²) in [5.41, 5.74) is -0.778. The number of nitrogens with one attached hydrogen (secondary N) is 2. The highest BCUT2D eigenvalue weighted by atomic mass is 19.3. The number of alkyl carbamates (subject to hydrolysis) is 1. The molecule has 0 spiro atoms. The van der Waals surface area contributed by atoms with Crippen LogP contribution in [0.4, 0.5) is 13.6 Å². The van der Waals surface area contributed by atoms with Gasteiger partial charge < -0.3 is 24.8 Å². The number of benzene rings is 2. The van der Waals surface area contributed by atoms with Crippen LogP contribution in [0.25, 0.3) is 0 Å². The standard InChI is InChI=1S/C30H38F2N2O7/c1-28(2,3)40-24(35)22(17-20-13-9-7-10-14-20)33-26(37)30(31,32)18-23(25(36)41-29(4,5)6)34-27(38)39-19-21-15-11-8-12-16-21/h7-16,22-23H,17-19H2,1-6H3,(H,33,37)(H,34,38)/t22-,23?/m0/s1. The minimum atomic E-state index is -4.20. The lowest BCUT2D eigenvalue weighted by atomic mass is 10.0. The van der Waals surface area contributed by atoms with Gasteiger partial charge in [0.05, 0.1) is 6.42 Å². The van der Waals surface area contributed by atoms with Gasteiger partial charge in [-0.2, -0.15) is 8.78 Å². The maximum atomic E-state index is 15.3. The Bertz CT molecular complexity index is 1180. The topological polar surface area (TPSA) is 120 Å². The van der Waals surface area contributed by atoms with Crippen LogP contribution in [-0.2, 0) is 41.6 Å². The van der Waals surface area contributed by atoms with Crippen LogP contribution < -0.4 is 10.6 Å². The molecule has 2 rings (SSSR count). The molecular formula is C30H38F2N2O7. The fourth-order valence-electron chi connectivity index (χ4n) is 3.50. The predicted octanol–water partition coefficient (Wildman–Crippen LogP) is 4.72. The zero-order valence-electron chi connectivity index (χ0n) is 24.2. The second-order valence-corrected chi connectivity index (χ2v) is 11.4. The first-order chi connectivity index (χ1) is 18.9. The van der Waals surface area contributed by atoms with Gasteiger partial charge in [-0.1, -0.05) is 60.7 Å². The van der Waals surface area contributed by atoms with Gasteiger partial charge in [0.1, 0.15) is 29.9 Å². The van der Waals surface area contributed by atoms with E-state index in [0.29, 0.717) is 11.1 Å². The Balaban J connectivity index is 2.20. The Hall–Kier alpha value is -4.02. The van der Waals surface area contributed by atoms with Crippen molar-refractivity contribution in [2.75, 3.05) is 0 Å². The van der Waals surface area contributed by atoms with E-state index >= 15 is 8.78 Å². The molecule has 11 heteroatoms. The van der Waals surface area contributed by atoms with Gasteiger partial charge in [0, 0.05) is 6.42 Å². The van der Waals surface area contributed by atoms with E-state index in [0.717, 1.165) is 0 Å². The highest BCUT2D eigenvalue weighted by Crippen LogP contribution is 2.24. The third kappa shape index (κ3) is 12.4. The molecule has 2 atom stereocenters. The molecule has 0 bridgehead atoms. The lowest BCUT2D eigenvalue weighted by Gasteiger charge is -2.28. The summed E-state index contributed by atoms with van der Waals surface area (Å²) in [6.45, 7) is 9.21. The third-order valence-corrected chi connectivity index (χ3v) is 5.27. The van der Waals surface area contributed by atoms with E-state index < -0.39 is 59.6 Å². The Morgan fingerprint density at radius 3 is 1.66 bits per heavy atom. The van der Waals surface area contributed by atoms with Crippen molar-refractivity contribution in [1.29, 1.82) is 0 Å². The van der Waals surface area contributed by atoms with Crippen LogP contribution in [-0.4, -0.2) is 53.1 Å². The maximum absolute atomic E-state index is 15.3. The average Bonchev–Trinajstić information content (AvgIpc) is 2.85. The Morgan fingerprint density at radius 1 is 0.707 bits per heavy atom. The maximum Gasteiger partial charge on any atom is 0.408 e. The molecule has 0 aromatic heterocycles. The van der Waals surface area contributed by atoms with Crippen LogP contribution in [0.15, 0.2) is 60.7 Å². The summed E-state index contributed by atoms with van der Waals surface area (Å²) in [7, 11) is 0. The largest absolute Gasteiger partial charge is 0.458 e. The Morgan fingerprint density at radius 2 is 1.17 bits per heavy atom. The molecule has 0 fully saturated rings. The van der Waals surface area contributed by atoms with E-state index in [9.17, 15) is 19.2 Å². The van der Waals surface area contributed by atoms with Gasteiger partial charge in [-0.05, 0) is 52.7 Å². The number of hydrogen-bond donors (Lipinski definition) is 2. The summed E-state index contributed by atoms with van der Waals surface area (Å²) in [5.74, 6) is -8.12. The number of ether oxygens (including phenoxy) is 3. The molecule has 0 saturated heterocycles. The number of alkyl halides is 2. The first kappa shape index (κ1) is 33.2. The van der Waals surface area contributed by atoms with Gasteiger partial charge in [0.15, 0.2) is 0 Å². The first-order valence-electron chi connectivity index (χ1n) is 13.1. The van der Waals surface area contributed by atoms with Crippen molar-refractivity contribution in [1.82, 2.24) is 10.6 Å². The molecule has 9 nitrogen and oxygen atoms in total. The van der Waals surface area contributed by atoms with E-state index in [2.05, 4.69) is 10.6 Å². The predicted molar refractivity (Wildman–Crippen MR) is 147 cm³/mol. The lowest BCUT2D eigenvalue weighted by Crippen LogP contribution is -2.54. The second kappa shape index (κ2) is 14.0. The molecule has 2 aromatic rings. The van der Waals surface area contributed by atoms with Crippen LogP contribution >= 0.6 is 0 Å². The lowest BCUT2D eigenvalue weighted by molar-refractivity contribution is -0.165. The van der Waals surface area contributed by atoms with Crippen molar-refractivity contribution in [2.45, 2.75) is 90.2 Å². The van der Waals surface area contributed by atoms with Gasteiger partial charge in [-0.15, -0.1) is 0 Å². The molecule has 0 heterocycles. The van der Waals surface area contributed by atoms with Gasteiger partial charge in [0.2, 0.25) is 0 Å². The van der Waals surface area contributed by atoms with Gasteiger partial charge in [-0.3, -0.25) is 4.79 Å². The number of halogens is 2. The molecule has 0 aliphatic heterocycles. The van der Waals surface area contributed by atoms with E-state index in [-0.39, 0.29) is 13.0 Å². The molecule has 2 N–H and O–H groups in total. The van der Waals surface area contributed by atoms with Crippen molar-refractivity contribution in [3.63, 3.8) is 0 Å². The molecule has 2 amide bonds. The summed E-state index contributed by atoms with van der Waals surface area (Å²) in [5, 5.41) is 4.14. The Kier molecular flexibility index (Phi) is 11.4. The second-order valence-electron chi connectivity index (χ2n) is 11.4. The SMILES string of the molecule is CC(C)(C)OC(=O)C(CC(F)(F)C(=O)N[C@@H](Cc1ccccc1)C(=O)OC(C)(C)C)NC(=O)OCc1ccccc1. The summed E-state index contributed by atoms with van der Waals surface area (Å²) in [4.78, 5) is 50.8. The smallest absolute Gasteiger partial charge is 0.408 e. The minimum absolute atomic E-state index is 0.114. The number of amides is 2. The van der Waals surface area contributed by atoms with Crippen molar-refractivity contribution in [3.8, 4) is 0 Å². The van der Waals surface area contributed by atoms with Crippen LogP contribution in [0.2, 0.25) is 0 Å². The van der Waals surface area contributed by atoms with Crippen LogP contribution in [0.3, 0.4) is 0 Å². The number of rotatable bonds is 11. The zero-order valence-corrected chi connectivity index (χ0v) is 24.2. The molecule has 0 radical (unpaired) electrons.